The summed E-state index contributed by atoms with van der Waals surface area (Å²) in [6.07, 6.45) is 3.26. The number of amides is 1. The third-order valence-corrected chi connectivity index (χ3v) is 4.23. The second-order valence-corrected chi connectivity index (χ2v) is 6.80. The van der Waals surface area contributed by atoms with Crippen molar-refractivity contribution < 1.29 is 9.53 Å². The number of hydrogen-bond acceptors (Lipinski definition) is 6. The number of carbonyl (C=O) groups is 1. The van der Waals surface area contributed by atoms with Crippen molar-refractivity contribution in [3.63, 3.8) is 0 Å². The molecule has 0 saturated carbocycles. The van der Waals surface area contributed by atoms with Gasteiger partial charge in [0.05, 0.1) is 5.69 Å². The lowest BCUT2D eigenvalue weighted by atomic mass is 10.00. The van der Waals surface area contributed by atoms with Crippen LogP contribution >= 0.6 is 23.8 Å². The van der Waals surface area contributed by atoms with Crippen molar-refractivity contribution in [2.45, 2.75) is 0 Å². The van der Waals surface area contributed by atoms with Crippen LogP contribution in [0.4, 0.5) is 0 Å². The fourth-order valence-electron chi connectivity index (χ4n) is 2.55. The van der Waals surface area contributed by atoms with Crippen LogP contribution in [0, 0.1) is 11.3 Å². The Morgan fingerprint density at radius 3 is 2.63 bits per heavy atom. The van der Waals surface area contributed by atoms with Crippen LogP contribution in [0.2, 0.25) is 5.02 Å². The van der Waals surface area contributed by atoms with Crippen molar-refractivity contribution in [3.05, 3.63) is 65.4 Å². The van der Waals surface area contributed by atoms with E-state index >= 15 is 0 Å². The molecule has 0 aliphatic carbocycles. The number of carbonyl (C=O) groups excluding carboxylic acids is 1. The molecule has 0 bridgehead atoms. The smallest absolute Gasteiger partial charge is 0.276 e. The highest BCUT2D eigenvalue weighted by Gasteiger charge is 2.18. The first-order valence-electron chi connectivity index (χ1n) is 8.56. The number of nitriles is 1. The van der Waals surface area contributed by atoms with E-state index in [0.29, 0.717) is 21.8 Å². The fourth-order valence-corrected chi connectivity index (χ4v) is 2.73. The maximum absolute atomic E-state index is 11.9. The Morgan fingerprint density at radius 1 is 1.23 bits per heavy atom. The third-order valence-electron chi connectivity index (χ3n) is 3.88. The standard InChI is InChI=1S/C20H15ClN6O2S/c21-14-5-3-12(4-6-14)17-8-15(13-2-1-7-24-10-13)16(9-22)19(25-17)29-11-18(28)26-27-20(23)30/h1-8,10H,11H2,(H,26,28)(H3,23,27,30). The average Bonchev–Trinajstić information content (AvgIpc) is 2.76. The summed E-state index contributed by atoms with van der Waals surface area (Å²) in [4.78, 5) is 20.5. The predicted molar refractivity (Wildman–Crippen MR) is 116 cm³/mol. The van der Waals surface area contributed by atoms with Gasteiger partial charge in [0.15, 0.2) is 11.7 Å². The van der Waals surface area contributed by atoms with E-state index in [1.807, 2.05) is 6.07 Å². The molecule has 0 saturated heterocycles. The molecule has 8 nitrogen and oxygen atoms in total. The number of thiocarbonyl (C=S) groups is 1. The predicted octanol–water partition coefficient (Wildman–Crippen LogP) is 2.58. The minimum absolute atomic E-state index is 0.00859. The van der Waals surface area contributed by atoms with Crippen LogP contribution in [0.5, 0.6) is 5.88 Å². The van der Waals surface area contributed by atoms with Gasteiger partial charge in [0, 0.05) is 34.1 Å². The molecule has 0 aliphatic heterocycles. The summed E-state index contributed by atoms with van der Waals surface area (Å²) in [6.45, 7) is -0.409. The molecule has 0 aliphatic rings. The number of nitrogens with two attached hydrogens (primary N) is 1. The second-order valence-electron chi connectivity index (χ2n) is 5.92. The first-order chi connectivity index (χ1) is 14.5. The summed E-state index contributed by atoms with van der Waals surface area (Å²) >= 11 is 10.6. The molecule has 0 unspecified atom stereocenters. The SMILES string of the molecule is N#Cc1c(-c2cccnc2)cc(-c2ccc(Cl)cc2)nc1OCC(=O)NNC(N)=S. The summed E-state index contributed by atoms with van der Waals surface area (Å²) in [7, 11) is 0. The molecule has 150 valence electrons. The number of hydrogen-bond donors (Lipinski definition) is 3. The zero-order valence-corrected chi connectivity index (χ0v) is 17.0. The minimum atomic E-state index is -0.548. The first kappa shape index (κ1) is 21.0. The normalized spacial score (nSPS) is 10.0. The van der Waals surface area contributed by atoms with Crippen molar-refractivity contribution in [2.24, 2.45) is 5.73 Å². The number of benzene rings is 1. The number of pyridine rings is 2. The highest BCUT2D eigenvalue weighted by Crippen LogP contribution is 2.33. The average molecular weight is 439 g/mol. The van der Waals surface area contributed by atoms with Crippen molar-refractivity contribution in [3.8, 4) is 34.3 Å². The largest absolute Gasteiger partial charge is 0.467 e. The number of hydrazine groups is 1. The van der Waals surface area contributed by atoms with Gasteiger partial charge in [0.2, 0.25) is 5.88 Å². The van der Waals surface area contributed by atoms with E-state index < -0.39 is 12.5 Å². The minimum Gasteiger partial charge on any atom is -0.467 e. The second kappa shape index (κ2) is 9.65. The molecule has 2 aromatic heterocycles. The Balaban J connectivity index is 2.02. The molecule has 0 atom stereocenters. The van der Waals surface area contributed by atoms with Gasteiger partial charge in [0.1, 0.15) is 11.6 Å². The summed E-state index contributed by atoms with van der Waals surface area (Å²) < 4.78 is 5.55. The van der Waals surface area contributed by atoms with E-state index in [1.165, 1.54) is 0 Å². The molecular weight excluding hydrogens is 424 g/mol. The molecule has 0 spiro atoms. The molecule has 2 heterocycles. The van der Waals surface area contributed by atoms with Gasteiger partial charge in [-0.25, -0.2) is 4.98 Å². The fraction of sp³-hybridized carbons (Fsp3) is 0.0500. The number of nitrogens with zero attached hydrogens (tertiary/aromatic N) is 3. The van der Waals surface area contributed by atoms with Crippen LogP contribution in [0.1, 0.15) is 5.56 Å². The number of ether oxygens (including phenoxy) is 1. The Kier molecular flexibility index (Phi) is 6.75. The van der Waals surface area contributed by atoms with Gasteiger partial charge in [-0.1, -0.05) is 29.8 Å². The third kappa shape index (κ3) is 5.20. The maximum atomic E-state index is 11.9. The van der Waals surface area contributed by atoms with Crippen LogP contribution in [0.15, 0.2) is 54.9 Å². The summed E-state index contributed by atoms with van der Waals surface area (Å²) in [6, 6.07) is 14.5. The molecule has 10 heteroatoms. The Bertz CT molecular complexity index is 1120. The first-order valence-corrected chi connectivity index (χ1v) is 9.35. The van der Waals surface area contributed by atoms with E-state index in [0.717, 1.165) is 5.56 Å². The summed E-state index contributed by atoms with van der Waals surface area (Å²) in [5, 5.41) is 10.2. The van der Waals surface area contributed by atoms with Gasteiger partial charge in [-0.3, -0.25) is 20.6 Å². The van der Waals surface area contributed by atoms with Crippen molar-refractivity contribution >= 4 is 34.8 Å². The summed E-state index contributed by atoms with van der Waals surface area (Å²) in [5.41, 5.74) is 12.6. The number of aromatic nitrogens is 2. The topological polar surface area (TPSA) is 126 Å². The summed E-state index contributed by atoms with van der Waals surface area (Å²) in [5.74, 6) is -0.539. The zero-order chi connectivity index (χ0) is 21.5. The quantitative estimate of drug-likeness (QED) is 0.410. The van der Waals surface area contributed by atoms with E-state index in [4.69, 9.17) is 22.1 Å². The lowest BCUT2D eigenvalue weighted by molar-refractivity contribution is -0.123. The molecule has 1 aromatic carbocycles. The van der Waals surface area contributed by atoms with E-state index in [9.17, 15) is 10.1 Å². The van der Waals surface area contributed by atoms with Crippen LogP contribution in [-0.2, 0) is 4.79 Å². The molecular formula is C20H15ClN6O2S. The molecule has 3 rings (SSSR count). The van der Waals surface area contributed by atoms with Gasteiger partial charge >= 0.3 is 0 Å². The van der Waals surface area contributed by atoms with Crippen LogP contribution in [-0.4, -0.2) is 27.6 Å². The molecule has 4 N–H and O–H groups in total. The van der Waals surface area contributed by atoms with E-state index in [-0.39, 0.29) is 16.6 Å². The molecule has 1 amide bonds. The number of rotatable bonds is 5. The van der Waals surface area contributed by atoms with Gasteiger partial charge in [0.25, 0.3) is 5.91 Å². The lowest BCUT2D eigenvalue weighted by Crippen LogP contribution is -2.46. The van der Waals surface area contributed by atoms with Crippen molar-refractivity contribution in [2.75, 3.05) is 6.61 Å². The Labute approximate surface area is 182 Å². The zero-order valence-electron chi connectivity index (χ0n) is 15.4. The Morgan fingerprint density at radius 2 is 2.00 bits per heavy atom. The molecule has 30 heavy (non-hydrogen) atoms. The monoisotopic (exact) mass is 438 g/mol. The van der Waals surface area contributed by atoms with Crippen LogP contribution in [0.25, 0.3) is 22.4 Å². The van der Waals surface area contributed by atoms with E-state index in [1.54, 1.807) is 48.8 Å². The van der Waals surface area contributed by atoms with Crippen molar-refractivity contribution in [1.82, 2.24) is 20.8 Å². The number of halogens is 1. The van der Waals surface area contributed by atoms with E-state index in [2.05, 4.69) is 39.1 Å². The molecule has 0 radical (unpaired) electrons. The molecule has 0 fully saturated rings. The van der Waals surface area contributed by atoms with Gasteiger partial charge in [-0.05, 0) is 36.5 Å². The van der Waals surface area contributed by atoms with Gasteiger partial charge in [-0.15, -0.1) is 0 Å². The number of nitrogens with one attached hydrogen (secondary N) is 2. The lowest BCUT2D eigenvalue weighted by Gasteiger charge is -2.13. The molecule has 3 aromatic rings. The van der Waals surface area contributed by atoms with Gasteiger partial charge in [-0.2, -0.15) is 5.26 Å². The van der Waals surface area contributed by atoms with Crippen molar-refractivity contribution in [1.29, 1.82) is 5.26 Å². The highest BCUT2D eigenvalue weighted by atomic mass is 35.5. The van der Waals surface area contributed by atoms with Crippen LogP contribution < -0.4 is 21.3 Å². The van der Waals surface area contributed by atoms with Gasteiger partial charge < -0.3 is 10.5 Å². The Hall–Kier alpha value is -3.74. The highest BCUT2D eigenvalue weighted by molar-refractivity contribution is 7.80. The maximum Gasteiger partial charge on any atom is 0.276 e. The van der Waals surface area contributed by atoms with Crippen LogP contribution in [0.3, 0.4) is 0 Å².